The molecule has 2 atom stereocenters. The van der Waals surface area contributed by atoms with Crippen molar-refractivity contribution < 1.29 is 4.79 Å². The fourth-order valence-electron chi connectivity index (χ4n) is 4.30. The summed E-state index contributed by atoms with van der Waals surface area (Å²) in [5.74, 6) is 0.823. The van der Waals surface area contributed by atoms with E-state index in [9.17, 15) is 4.79 Å². The van der Waals surface area contributed by atoms with E-state index in [0.717, 1.165) is 26.1 Å². The smallest absolute Gasteiger partial charge is 0.222 e. The summed E-state index contributed by atoms with van der Waals surface area (Å²) in [6.45, 7) is 8.39. The van der Waals surface area contributed by atoms with Crippen molar-refractivity contribution in [2.45, 2.75) is 45.6 Å². The van der Waals surface area contributed by atoms with Gasteiger partial charge in [-0.2, -0.15) is 0 Å². The molecule has 1 aliphatic rings. The average Bonchev–Trinajstić information content (AvgIpc) is 2.76. The Morgan fingerprint density at radius 1 is 1.11 bits per heavy atom. The molecule has 0 aliphatic carbocycles. The molecule has 2 aromatic carbocycles. The Balaban J connectivity index is 1.59. The van der Waals surface area contributed by atoms with E-state index in [1.165, 1.54) is 30.5 Å². The third kappa shape index (κ3) is 5.68. The average molecular weight is 379 g/mol. The Kier molecular flexibility index (Phi) is 7.67. The Labute approximate surface area is 170 Å². The lowest BCUT2D eigenvalue weighted by molar-refractivity contribution is -0.134. The van der Waals surface area contributed by atoms with Crippen LogP contribution in [0.5, 0.6) is 0 Å². The Morgan fingerprint density at radius 3 is 2.46 bits per heavy atom. The normalized spacial score (nSPS) is 18.6. The van der Waals surface area contributed by atoms with E-state index in [1.54, 1.807) is 0 Å². The molecule has 28 heavy (non-hydrogen) atoms. The maximum atomic E-state index is 12.7. The summed E-state index contributed by atoms with van der Waals surface area (Å²) in [4.78, 5) is 17.4. The molecule has 1 fully saturated rings. The first-order valence-corrected chi connectivity index (χ1v) is 10.8. The minimum atomic E-state index is 0.133. The summed E-state index contributed by atoms with van der Waals surface area (Å²) in [6.07, 6.45) is 4.12. The van der Waals surface area contributed by atoms with Crippen molar-refractivity contribution in [1.29, 1.82) is 0 Å². The minimum Gasteiger partial charge on any atom is -0.336 e. The topological polar surface area (TPSA) is 23.6 Å². The molecule has 3 heteroatoms. The molecule has 2 aromatic rings. The van der Waals surface area contributed by atoms with Gasteiger partial charge >= 0.3 is 0 Å². The number of nitrogens with zero attached hydrogens (tertiary/aromatic N) is 2. The zero-order valence-corrected chi connectivity index (χ0v) is 17.4. The van der Waals surface area contributed by atoms with Gasteiger partial charge in [-0.25, -0.2) is 0 Å². The largest absolute Gasteiger partial charge is 0.336 e. The number of rotatable bonds is 8. The van der Waals surface area contributed by atoms with E-state index in [1.807, 2.05) is 13.0 Å². The highest BCUT2D eigenvalue weighted by Crippen LogP contribution is 2.25. The van der Waals surface area contributed by atoms with Crippen molar-refractivity contribution in [2.75, 3.05) is 26.2 Å². The van der Waals surface area contributed by atoms with Gasteiger partial charge in [0, 0.05) is 26.1 Å². The van der Waals surface area contributed by atoms with Gasteiger partial charge in [0.25, 0.3) is 0 Å². The lowest BCUT2D eigenvalue weighted by Gasteiger charge is -2.38. The van der Waals surface area contributed by atoms with Gasteiger partial charge in [0.1, 0.15) is 0 Å². The second kappa shape index (κ2) is 10.4. The molecule has 150 valence electrons. The summed E-state index contributed by atoms with van der Waals surface area (Å²) >= 11 is 0. The third-order valence-electron chi connectivity index (χ3n) is 5.99. The predicted molar refractivity (Wildman–Crippen MR) is 116 cm³/mol. The van der Waals surface area contributed by atoms with Gasteiger partial charge in [0.05, 0.1) is 6.04 Å². The summed E-state index contributed by atoms with van der Waals surface area (Å²) in [5.41, 5.74) is 2.63. The number of piperidine rings is 1. The molecule has 0 bridgehead atoms. The van der Waals surface area contributed by atoms with Gasteiger partial charge in [0.2, 0.25) is 5.91 Å². The number of benzene rings is 2. The van der Waals surface area contributed by atoms with Crippen LogP contribution in [0.3, 0.4) is 0 Å². The van der Waals surface area contributed by atoms with E-state index in [4.69, 9.17) is 0 Å². The number of amides is 1. The lowest BCUT2D eigenvalue weighted by Crippen LogP contribution is -2.44. The van der Waals surface area contributed by atoms with Crippen LogP contribution in [0.2, 0.25) is 0 Å². The van der Waals surface area contributed by atoms with E-state index in [2.05, 4.69) is 71.3 Å². The third-order valence-corrected chi connectivity index (χ3v) is 5.99. The van der Waals surface area contributed by atoms with Crippen LogP contribution >= 0.6 is 0 Å². The Bertz CT molecular complexity index is 716. The van der Waals surface area contributed by atoms with E-state index >= 15 is 0 Å². The van der Waals surface area contributed by atoms with Crippen molar-refractivity contribution >= 4 is 5.91 Å². The highest BCUT2D eigenvalue weighted by Gasteiger charge is 2.27. The standard InChI is InChI=1S/C25H34N2O/c1-3-25(28)27(21(2)24-14-8-5-9-15-24)20-23-13-10-17-26(19-23)18-16-22-11-6-4-7-12-22/h4-9,11-12,14-15,21,23H,3,10,13,16-20H2,1-2H3/t21-,23-/m1/s1. The van der Waals surface area contributed by atoms with Gasteiger partial charge in [-0.05, 0) is 49.8 Å². The molecule has 0 saturated carbocycles. The second-order valence-electron chi connectivity index (χ2n) is 8.03. The van der Waals surface area contributed by atoms with Crippen LogP contribution in [0, 0.1) is 5.92 Å². The predicted octanol–water partition coefficient (Wildman–Crippen LogP) is 4.94. The van der Waals surface area contributed by atoms with Gasteiger partial charge < -0.3 is 9.80 Å². The molecule has 0 N–H and O–H groups in total. The monoisotopic (exact) mass is 378 g/mol. The van der Waals surface area contributed by atoms with Crippen LogP contribution in [0.4, 0.5) is 0 Å². The zero-order valence-electron chi connectivity index (χ0n) is 17.4. The molecule has 0 unspecified atom stereocenters. The van der Waals surface area contributed by atoms with E-state index in [0.29, 0.717) is 12.3 Å². The quantitative estimate of drug-likeness (QED) is 0.649. The summed E-state index contributed by atoms with van der Waals surface area (Å²) in [7, 11) is 0. The fraction of sp³-hybridized carbons (Fsp3) is 0.480. The van der Waals surface area contributed by atoms with Crippen molar-refractivity contribution in [1.82, 2.24) is 9.80 Å². The SMILES string of the molecule is CCC(=O)N(C[C@@H]1CCCN(CCc2ccccc2)C1)[C@H](C)c1ccccc1. The summed E-state index contributed by atoms with van der Waals surface area (Å²) < 4.78 is 0. The highest BCUT2D eigenvalue weighted by molar-refractivity contribution is 5.76. The molecule has 0 radical (unpaired) electrons. The highest BCUT2D eigenvalue weighted by atomic mass is 16.2. The molecule has 3 rings (SSSR count). The van der Waals surface area contributed by atoms with Gasteiger partial charge in [-0.1, -0.05) is 67.6 Å². The van der Waals surface area contributed by atoms with Crippen LogP contribution in [0.15, 0.2) is 60.7 Å². The number of hydrogen-bond acceptors (Lipinski definition) is 2. The van der Waals surface area contributed by atoms with Gasteiger partial charge in [0.15, 0.2) is 0 Å². The molecular weight excluding hydrogens is 344 g/mol. The van der Waals surface area contributed by atoms with E-state index < -0.39 is 0 Å². The molecule has 0 aromatic heterocycles. The first-order chi connectivity index (χ1) is 13.7. The summed E-state index contributed by atoms with van der Waals surface area (Å²) in [5, 5.41) is 0. The molecule has 0 spiro atoms. The Hall–Kier alpha value is -2.13. The van der Waals surface area contributed by atoms with Crippen molar-refractivity contribution in [3.63, 3.8) is 0 Å². The van der Waals surface area contributed by atoms with Gasteiger partial charge in [-0.3, -0.25) is 4.79 Å². The number of carbonyl (C=O) groups is 1. The van der Waals surface area contributed by atoms with Crippen molar-refractivity contribution in [2.24, 2.45) is 5.92 Å². The number of hydrogen-bond donors (Lipinski definition) is 0. The maximum Gasteiger partial charge on any atom is 0.222 e. The van der Waals surface area contributed by atoms with Gasteiger partial charge in [-0.15, -0.1) is 0 Å². The van der Waals surface area contributed by atoms with Crippen molar-refractivity contribution in [3.8, 4) is 0 Å². The van der Waals surface area contributed by atoms with Crippen LogP contribution in [0.1, 0.15) is 50.3 Å². The van der Waals surface area contributed by atoms with Crippen LogP contribution < -0.4 is 0 Å². The maximum absolute atomic E-state index is 12.7. The van der Waals surface area contributed by atoms with Crippen LogP contribution in [-0.2, 0) is 11.2 Å². The lowest BCUT2D eigenvalue weighted by atomic mass is 9.95. The fourth-order valence-corrected chi connectivity index (χ4v) is 4.30. The molecular formula is C25H34N2O. The first kappa shape index (κ1) is 20.6. The minimum absolute atomic E-state index is 0.133. The molecule has 1 saturated heterocycles. The Morgan fingerprint density at radius 2 is 1.79 bits per heavy atom. The zero-order chi connectivity index (χ0) is 19.8. The summed E-state index contributed by atoms with van der Waals surface area (Å²) in [6, 6.07) is 21.3. The van der Waals surface area contributed by atoms with Crippen LogP contribution in [-0.4, -0.2) is 41.9 Å². The number of likely N-dealkylation sites (tertiary alicyclic amines) is 1. The molecule has 3 nitrogen and oxygen atoms in total. The second-order valence-corrected chi connectivity index (χ2v) is 8.03. The van der Waals surface area contributed by atoms with Crippen molar-refractivity contribution in [3.05, 3.63) is 71.8 Å². The molecule has 1 aliphatic heterocycles. The van der Waals surface area contributed by atoms with Crippen LogP contribution in [0.25, 0.3) is 0 Å². The number of carbonyl (C=O) groups excluding carboxylic acids is 1. The first-order valence-electron chi connectivity index (χ1n) is 10.8. The molecule has 1 heterocycles. The molecule has 1 amide bonds. The van der Waals surface area contributed by atoms with E-state index in [-0.39, 0.29) is 11.9 Å².